The Hall–Kier alpha value is -1.18. The lowest BCUT2D eigenvalue weighted by molar-refractivity contribution is -0.129. The van der Waals surface area contributed by atoms with Crippen LogP contribution in [0.5, 0.6) is 0 Å². The molecule has 0 amide bonds. The molecular formula is C32H54O2. The molecule has 3 rings (SSSR count). The van der Waals surface area contributed by atoms with Gasteiger partial charge >= 0.3 is 0 Å². The van der Waals surface area contributed by atoms with Crippen LogP contribution in [0, 0.1) is 16.7 Å². The van der Waals surface area contributed by atoms with Gasteiger partial charge in [-0.1, -0.05) is 89.5 Å². The quantitative estimate of drug-likeness (QED) is 0.357. The fourth-order valence-electron chi connectivity index (χ4n) is 6.14. The van der Waals surface area contributed by atoms with Gasteiger partial charge in [0.05, 0.1) is 0 Å². The Morgan fingerprint density at radius 3 is 2.00 bits per heavy atom. The number of rotatable bonds is 1. The smallest absolute Gasteiger partial charge is 0.136 e. The van der Waals surface area contributed by atoms with Crippen molar-refractivity contribution in [2.75, 3.05) is 0 Å². The molecule has 0 bridgehead atoms. The van der Waals surface area contributed by atoms with Gasteiger partial charge in [0.1, 0.15) is 11.6 Å². The van der Waals surface area contributed by atoms with Gasteiger partial charge in [-0.25, -0.2) is 0 Å². The zero-order chi connectivity index (χ0) is 25.0. The Morgan fingerprint density at radius 1 is 0.794 bits per heavy atom. The van der Waals surface area contributed by atoms with Gasteiger partial charge in [0, 0.05) is 18.3 Å². The Balaban J connectivity index is 0.000000240. The van der Waals surface area contributed by atoms with Gasteiger partial charge in [-0.2, -0.15) is 0 Å². The molecule has 2 heteroatoms. The lowest BCUT2D eigenvalue weighted by Crippen LogP contribution is -2.40. The van der Waals surface area contributed by atoms with Crippen LogP contribution >= 0.6 is 0 Å². The number of hydrogen-bond acceptors (Lipinski definition) is 2. The Bertz CT molecular complexity index is 711. The van der Waals surface area contributed by atoms with Crippen LogP contribution < -0.4 is 0 Å². The first kappa shape index (κ1) is 29.1. The van der Waals surface area contributed by atoms with E-state index in [1.165, 1.54) is 70.6 Å². The highest BCUT2D eigenvalue weighted by Gasteiger charge is 2.45. The van der Waals surface area contributed by atoms with Gasteiger partial charge in [-0.05, 0) is 82.5 Å². The van der Waals surface area contributed by atoms with E-state index in [2.05, 4.69) is 39.8 Å². The second-order valence-electron chi connectivity index (χ2n) is 12.3. The third-order valence-electron chi connectivity index (χ3n) is 9.08. The standard InChI is InChI=1S/C16H26O.C16H28O/c1-11-9-13-7-6-8-15(3,4)14(13)10-16(11,5)12(2)17;17-16-14-12-10-8-6-4-2-1-3-5-7-9-11-13-15-16/h11H,6-10H2,1-5H3;6,8H,1-5,7,9-15H2. The van der Waals surface area contributed by atoms with Crippen LogP contribution in [-0.2, 0) is 9.59 Å². The first-order valence-corrected chi connectivity index (χ1v) is 14.6. The van der Waals surface area contributed by atoms with E-state index in [9.17, 15) is 9.59 Å². The Labute approximate surface area is 211 Å². The van der Waals surface area contributed by atoms with E-state index in [0.717, 1.165) is 44.9 Å². The summed E-state index contributed by atoms with van der Waals surface area (Å²) in [7, 11) is 0. The number of ketones is 2. The summed E-state index contributed by atoms with van der Waals surface area (Å²) in [5.41, 5.74) is 3.49. The molecule has 0 heterocycles. The van der Waals surface area contributed by atoms with Gasteiger partial charge < -0.3 is 0 Å². The highest BCUT2D eigenvalue weighted by molar-refractivity contribution is 5.83. The minimum Gasteiger partial charge on any atom is -0.300 e. The summed E-state index contributed by atoms with van der Waals surface area (Å²) in [5.74, 6) is 1.36. The van der Waals surface area contributed by atoms with Crippen molar-refractivity contribution < 1.29 is 9.59 Å². The fraction of sp³-hybridized carbons (Fsp3) is 0.812. The van der Waals surface area contributed by atoms with E-state index in [0.29, 0.717) is 22.9 Å². The van der Waals surface area contributed by atoms with Crippen molar-refractivity contribution in [3.63, 3.8) is 0 Å². The molecule has 0 saturated heterocycles. The SMILES string of the molecule is CC(=O)C1(C)CC2=C(CCCC2(C)C)CC1C.O=C1CCCC=CCCCCCCCCCC1. The number of Topliss-reactive ketones (excluding diaryl/α,β-unsaturated/α-hetero) is 2. The van der Waals surface area contributed by atoms with Gasteiger partial charge in [0.25, 0.3) is 0 Å². The lowest BCUT2D eigenvalue weighted by atomic mass is 9.57. The minimum atomic E-state index is -0.118. The first-order valence-electron chi connectivity index (χ1n) is 14.6. The summed E-state index contributed by atoms with van der Waals surface area (Å²) in [6.45, 7) is 10.9. The average molecular weight is 471 g/mol. The predicted molar refractivity (Wildman–Crippen MR) is 146 cm³/mol. The molecular weight excluding hydrogens is 416 g/mol. The van der Waals surface area contributed by atoms with Crippen LogP contribution in [0.2, 0.25) is 0 Å². The third kappa shape index (κ3) is 9.12. The molecule has 0 aromatic heterocycles. The van der Waals surface area contributed by atoms with Crippen LogP contribution in [0.4, 0.5) is 0 Å². The van der Waals surface area contributed by atoms with Crippen molar-refractivity contribution in [1.29, 1.82) is 0 Å². The van der Waals surface area contributed by atoms with Crippen molar-refractivity contribution in [2.45, 2.75) is 150 Å². The van der Waals surface area contributed by atoms with Crippen LogP contribution in [0.15, 0.2) is 23.3 Å². The number of allylic oxidation sites excluding steroid dienone is 4. The lowest BCUT2D eigenvalue weighted by Gasteiger charge is -2.47. The van der Waals surface area contributed by atoms with E-state index in [1.807, 2.05) is 0 Å². The fourth-order valence-corrected chi connectivity index (χ4v) is 6.14. The first-order chi connectivity index (χ1) is 16.2. The van der Waals surface area contributed by atoms with E-state index >= 15 is 0 Å². The molecule has 0 fully saturated rings. The van der Waals surface area contributed by atoms with Gasteiger partial charge in [0.15, 0.2) is 0 Å². The maximum absolute atomic E-state index is 12.0. The molecule has 2 atom stereocenters. The van der Waals surface area contributed by atoms with Gasteiger partial charge in [-0.15, -0.1) is 0 Å². The van der Waals surface area contributed by atoms with Crippen molar-refractivity contribution in [1.82, 2.24) is 0 Å². The molecule has 2 unspecified atom stereocenters. The Kier molecular flexibility index (Phi) is 12.3. The summed E-state index contributed by atoms with van der Waals surface area (Å²) < 4.78 is 0. The van der Waals surface area contributed by atoms with Crippen molar-refractivity contribution in [3.05, 3.63) is 23.3 Å². The summed E-state index contributed by atoms with van der Waals surface area (Å²) in [5, 5.41) is 0. The summed E-state index contributed by atoms with van der Waals surface area (Å²) in [6.07, 6.45) is 26.2. The third-order valence-corrected chi connectivity index (χ3v) is 9.08. The maximum atomic E-state index is 12.0. The normalized spacial score (nSPS) is 29.6. The maximum Gasteiger partial charge on any atom is 0.136 e. The van der Waals surface area contributed by atoms with Crippen molar-refractivity contribution in [3.8, 4) is 0 Å². The molecule has 0 saturated carbocycles. The highest BCUT2D eigenvalue weighted by Crippen LogP contribution is 2.53. The summed E-state index contributed by atoms with van der Waals surface area (Å²) >= 11 is 0. The molecule has 3 aliphatic rings. The molecule has 0 aromatic rings. The zero-order valence-electron chi connectivity index (χ0n) is 23.3. The van der Waals surface area contributed by atoms with Crippen LogP contribution in [0.25, 0.3) is 0 Å². The predicted octanol–water partition coefficient (Wildman–Crippen LogP) is 9.71. The molecule has 194 valence electrons. The molecule has 0 radical (unpaired) electrons. The molecule has 34 heavy (non-hydrogen) atoms. The van der Waals surface area contributed by atoms with Crippen LogP contribution in [0.1, 0.15) is 150 Å². The van der Waals surface area contributed by atoms with E-state index in [-0.39, 0.29) is 5.41 Å². The largest absolute Gasteiger partial charge is 0.300 e. The minimum absolute atomic E-state index is 0.118. The van der Waals surface area contributed by atoms with Crippen LogP contribution in [-0.4, -0.2) is 11.6 Å². The van der Waals surface area contributed by atoms with E-state index < -0.39 is 0 Å². The Morgan fingerprint density at radius 2 is 1.35 bits per heavy atom. The summed E-state index contributed by atoms with van der Waals surface area (Å²) in [6, 6.07) is 0. The van der Waals surface area contributed by atoms with E-state index in [1.54, 1.807) is 18.1 Å². The molecule has 0 aliphatic heterocycles. The van der Waals surface area contributed by atoms with Crippen molar-refractivity contribution >= 4 is 11.6 Å². The molecule has 0 aromatic carbocycles. The number of carbonyl (C=O) groups is 2. The van der Waals surface area contributed by atoms with Gasteiger partial charge in [-0.3, -0.25) is 9.59 Å². The number of hydrogen-bond donors (Lipinski definition) is 0. The molecule has 0 N–H and O–H groups in total. The highest BCUT2D eigenvalue weighted by atomic mass is 16.1. The topological polar surface area (TPSA) is 34.1 Å². The molecule has 0 spiro atoms. The molecule has 2 nitrogen and oxygen atoms in total. The van der Waals surface area contributed by atoms with Crippen LogP contribution in [0.3, 0.4) is 0 Å². The average Bonchev–Trinajstić information content (AvgIpc) is 2.77. The monoisotopic (exact) mass is 470 g/mol. The van der Waals surface area contributed by atoms with Gasteiger partial charge in [0.2, 0.25) is 0 Å². The second-order valence-corrected chi connectivity index (χ2v) is 12.3. The number of carbonyl (C=O) groups excluding carboxylic acids is 2. The zero-order valence-corrected chi connectivity index (χ0v) is 23.3. The van der Waals surface area contributed by atoms with E-state index in [4.69, 9.17) is 0 Å². The summed E-state index contributed by atoms with van der Waals surface area (Å²) in [4.78, 5) is 23.5. The molecule has 3 aliphatic carbocycles. The second kappa shape index (κ2) is 14.4. The van der Waals surface area contributed by atoms with Crippen molar-refractivity contribution in [2.24, 2.45) is 16.7 Å².